The molecule has 4 rings (SSSR count). The number of aryl methyl sites for hydroxylation is 2. The number of nitrogens with one attached hydrogen (secondary N) is 1. The largest absolute Gasteiger partial charge is 0.339 e. The van der Waals surface area contributed by atoms with E-state index in [2.05, 4.69) is 59.3 Å². The van der Waals surface area contributed by atoms with Crippen molar-refractivity contribution >= 4 is 11.6 Å². The number of hydrogen-bond donors (Lipinski definition) is 1. The Morgan fingerprint density at radius 3 is 2.48 bits per heavy atom. The minimum atomic E-state index is -0.377. The van der Waals surface area contributed by atoms with Crippen LogP contribution in [0.1, 0.15) is 29.5 Å². The normalized spacial score (nSPS) is 19.5. The lowest BCUT2D eigenvalue weighted by Crippen LogP contribution is -2.56. The van der Waals surface area contributed by atoms with Crippen LogP contribution in [0.15, 0.2) is 48.5 Å². The number of para-hydroxylation sites is 1. The molecule has 0 bridgehead atoms. The summed E-state index contributed by atoms with van der Waals surface area (Å²) in [5.41, 5.74) is 4.90. The Morgan fingerprint density at radius 2 is 1.78 bits per heavy atom. The molecule has 0 atom stereocenters. The van der Waals surface area contributed by atoms with E-state index in [-0.39, 0.29) is 11.4 Å². The van der Waals surface area contributed by atoms with Gasteiger partial charge in [-0.1, -0.05) is 42.0 Å². The molecule has 0 saturated carbocycles. The highest BCUT2D eigenvalue weighted by Crippen LogP contribution is 2.36. The first-order chi connectivity index (χ1) is 13.1. The van der Waals surface area contributed by atoms with E-state index in [1.165, 1.54) is 16.7 Å². The summed E-state index contributed by atoms with van der Waals surface area (Å²) in [6.07, 6.45) is 2.86. The number of likely N-dealkylation sites (tertiary alicyclic amines) is 1. The lowest BCUT2D eigenvalue weighted by atomic mass is 9.85. The molecule has 1 spiro atoms. The van der Waals surface area contributed by atoms with Gasteiger partial charge in [0.25, 0.3) is 0 Å². The van der Waals surface area contributed by atoms with Crippen LogP contribution in [-0.4, -0.2) is 42.6 Å². The van der Waals surface area contributed by atoms with E-state index in [9.17, 15) is 4.79 Å². The molecule has 2 aliphatic rings. The second kappa shape index (κ2) is 7.35. The quantitative estimate of drug-likeness (QED) is 0.906. The van der Waals surface area contributed by atoms with Gasteiger partial charge in [0.2, 0.25) is 5.91 Å². The van der Waals surface area contributed by atoms with E-state index in [0.717, 1.165) is 44.6 Å². The molecular weight excluding hydrogens is 334 g/mol. The lowest BCUT2D eigenvalue weighted by molar-refractivity contribution is -0.125. The van der Waals surface area contributed by atoms with Gasteiger partial charge >= 0.3 is 0 Å². The summed E-state index contributed by atoms with van der Waals surface area (Å²) in [5, 5.41) is 3.08. The van der Waals surface area contributed by atoms with Gasteiger partial charge in [-0.05, 0) is 56.4 Å². The molecule has 0 unspecified atom stereocenters. The van der Waals surface area contributed by atoms with Gasteiger partial charge in [0.1, 0.15) is 5.54 Å². The summed E-state index contributed by atoms with van der Waals surface area (Å²) >= 11 is 0. The first-order valence-corrected chi connectivity index (χ1v) is 9.98. The number of carbonyl (C=O) groups is 1. The number of carbonyl (C=O) groups excluding carboxylic acids is 1. The van der Waals surface area contributed by atoms with E-state index < -0.39 is 0 Å². The summed E-state index contributed by atoms with van der Waals surface area (Å²) in [7, 11) is 0. The monoisotopic (exact) mass is 363 g/mol. The predicted molar refractivity (Wildman–Crippen MR) is 110 cm³/mol. The molecule has 4 heteroatoms. The van der Waals surface area contributed by atoms with Crippen molar-refractivity contribution in [2.45, 2.75) is 38.6 Å². The van der Waals surface area contributed by atoms with Gasteiger partial charge < -0.3 is 15.1 Å². The molecule has 27 heavy (non-hydrogen) atoms. The van der Waals surface area contributed by atoms with Crippen molar-refractivity contribution in [3.8, 4) is 0 Å². The highest BCUT2D eigenvalue weighted by atomic mass is 16.2. The molecule has 2 fully saturated rings. The van der Waals surface area contributed by atoms with Crippen LogP contribution in [0.25, 0.3) is 0 Å². The molecule has 2 heterocycles. The highest BCUT2D eigenvalue weighted by Gasteiger charge is 2.50. The minimum absolute atomic E-state index is 0.195. The second-order valence-corrected chi connectivity index (χ2v) is 7.98. The average molecular weight is 364 g/mol. The third-order valence-corrected chi connectivity index (χ3v) is 6.28. The maximum atomic E-state index is 12.7. The van der Waals surface area contributed by atoms with Gasteiger partial charge in [-0.3, -0.25) is 4.79 Å². The molecule has 4 nitrogen and oxygen atoms in total. The zero-order valence-electron chi connectivity index (χ0n) is 16.4. The molecule has 1 amide bonds. The van der Waals surface area contributed by atoms with Crippen molar-refractivity contribution in [1.29, 1.82) is 0 Å². The standard InChI is InChI=1S/C23H29N3O/c1-18-8-9-20(19(2)16-18)10-13-25-14-11-23(12-15-25)22(27)24-17-26(23)21-6-4-3-5-7-21/h3-9,16H,10-15,17H2,1-2H3,(H,24,27). The van der Waals surface area contributed by atoms with Crippen molar-refractivity contribution in [3.63, 3.8) is 0 Å². The highest BCUT2D eigenvalue weighted by molar-refractivity contribution is 5.93. The number of benzene rings is 2. The average Bonchev–Trinajstić information content (AvgIpc) is 2.99. The Bertz CT molecular complexity index is 810. The fourth-order valence-corrected chi connectivity index (χ4v) is 4.58. The molecule has 1 N–H and O–H groups in total. The molecule has 2 aromatic rings. The molecular formula is C23H29N3O. The zero-order chi connectivity index (χ0) is 18.9. The molecule has 142 valence electrons. The molecule has 2 aliphatic heterocycles. The molecule has 0 radical (unpaired) electrons. The number of amides is 1. The van der Waals surface area contributed by atoms with Crippen molar-refractivity contribution in [2.75, 3.05) is 31.2 Å². The number of piperidine rings is 1. The Labute approximate surface area is 162 Å². The van der Waals surface area contributed by atoms with Gasteiger partial charge in [-0.2, -0.15) is 0 Å². The Hall–Kier alpha value is -2.33. The summed E-state index contributed by atoms with van der Waals surface area (Å²) < 4.78 is 0. The number of rotatable bonds is 4. The number of nitrogens with zero attached hydrogens (tertiary/aromatic N) is 2. The molecule has 2 aromatic carbocycles. The fraction of sp³-hybridized carbons (Fsp3) is 0.435. The zero-order valence-corrected chi connectivity index (χ0v) is 16.4. The third-order valence-electron chi connectivity index (χ3n) is 6.28. The van der Waals surface area contributed by atoms with Crippen molar-refractivity contribution in [3.05, 3.63) is 65.2 Å². The maximum absolute atomic E-state index is 12.7. The van der Waals surface area contributed by atoms with Crippen LogP contribution in [0, 0.1) is 13.8 Å². The molecule has 0 aliphatic carbocycles. The van der Waals surface area contributed by atoms with Crippen LogP contribution in [0.4, 0.5) is 5.69 Å². The second-order valence-electron chi connectivity index (χ2n) is 7.98. The lowest BCUT2D eigenvalue weighted by Gasteiger charge is -2.43. The number of anilines is 1. The smallest absolute Gasteiger partial charge is 0.247 e. The topological polar surface area (TPSA) is 35.6 Å². The molecule has 2 saturated heterocycles. The summed E-state index contributed by atoms with van der Waals surface area (Å²) in [6.45, 7) is 7.97. The van der Waals surface area contributed by atoms with Crippen LogP contribution >= 0.6 is 0 Å². The van der Waals surface area contributed by atoms with Crippen molar-refractivity contribution in [2.24, 2.45) is 0 Å². The Morgan fingerprint density at radius 1 is 1.04 bits per heavy atom. The van der Waals surface area contributed by atoms with E-state index in [1.807, 2.05) is 18.2 Å². The van der Waals surface area contributed by atoms with E-state index >= 15 is 0 Å². The first-order valence-electron chi connectivity index (χ1n) is 9.98. The summed E-state index contributed by atoms with van der Waals surface area (Å²) in [5.74, 6) is 0.195. The van der Waals surface area contributed by atoms with Crippen LogP contribution < -0.4 is 10.2 Å². The van der Waals surface area contributed by atoms with E-state index in [1.54, 1.807) is 0 Å². The first kappa shape index (κ1) is 18.1. The van der Waals surface area contributed by atoms with Crippen molar-refractivity contribution < 1.29 is 4.79 Å². The van der Waals surface area contributed by atoms with Gasteiger partial charge in [0.15, 0.2) is 0 Å². The Balaban J connectivity index is 1.40. The van der Waals surface area contributed by atoms with Gasteiger partial charge in [0.05, 0.1) is 6.67 Å². The predicted octanol–water partition coefficient (Wildman–Crippen LogP) is 3.27. The summed E-state index contributed by atoms with van der Waals surface area (Å²) in [4.78, 5) is 17.5. The van der Waals surface area contributed by atoms with Crippen molar-refractivity contribution in [1.82, 2.24) is 10.2 Å². The minimum Gasteiger partial charge on any atom is -0.339 e. The van der Waals surface area contributed by atoms with Crippen LogP contribution in [-0.2, 0) is 11.2 Å². The van der Waals surface area contributed by atoms with E-state index in [4.69, 9.17) is 0 Å². The number of hydrogen-bond acceptors (Lipinski definition) is 3. The van der Waals surface area contributed by atoms with Gasteiger partial charge in [-0.25, -0.2) is 0 Å². The maximum Gasteiger partial charge on any atom is 0.247 e. The SMILES string of the molecule is Cc1ccc(CCN2CCC3(CC2)C(=O)NCN3c2ccccc2)c(C)c1. The van der Waals surface area contributed by atoms with E-state index in [0.29, 0.717) is 6.67 Å². The summed E-state index contributed by atoms with van der Waals surface area (Å²) in [6, 6.07) is 17.1. The van der Waals surface area contributed by atoms with Crippen LogP contribution in [0.2, 0.25) is 0 Å². The Kier molecular flexibility index (Phi) is 4.92. The van der Waals surface area contributed by atoms with Gasteiger partial charge in [0, 0.05) is 25.3 Å². The fourth-order valence-electron chi connectivity index (χ4n) is 4.58. The van der Waals surface area contributed by atoms with Crippen LogP contribution in [0.5, 0.6) is 0 Å². The third kappa shape index (κ3) is 3.46. The van der Waals surface area contributed by atoms with Gasteiger partial charge in [-0.15, -0.1) is 0 Å². The molecule has 0 aromatic heterocycles. The van der Waals surface area contributed by atoms with Crippen LogP contribution in [0.3, 0.4) is 0 Å².